The van der Waals surface area contributed by atoms with Gasteiger partial charge >= 0.3 is 0 Å². The number of carbonyl (C=O) groups is 1. The largest absolute Gasteiger partial charge is 0.323 e. The number of nitrogens with zero attached hydrogens (tertiary/aromatic N) is 1. The number of nitrogens with one attached hydrogen (secondary N) is 1. The number of anilines is 1. The number of aryl methyl sites for hydroxylation is 1. The minimum absolute atomic E-state index is 0.109. The molecule has 0 bridgehead atoms. The Kier molecular flexibility index (Phi) is 5.08. The number of halogens is 3. The SMILES string of the molecule is Cc1cc(Br)c(=O)n(CC(=O)Nc2cc(Cl)ccc2Cl)c1. The molecule has 21 heavy (non-hydrogen) atoms. The fourth-order valence-corrected chi connectivity index (χ4v) is 2.72. The fourth-order valence-electron chi connectivity index (χ4n) is 1.80. The molecular formula is C14H11BrCl2N2O2. The zero-order valence-electron chi connectivity index (χ0n) is 11.0. The molecule has 7 heteroatoms. The number of amides is 1. The van der Waals surface area contributed by atoms with Gasteiger partial charge in [-0.3, -0.25) is 9.59 Å². The van der Waals surface area contributed by atoms with Gasteiger partial charge in [0.1, 0.15) is 6.54 Å². The zero-order chi connectivity index (χ0) is 15.6. The maximum Gasteiger partial charge on any atom is 0.265 e. The van der Waals surface area contributed by atoms with E-state index in [0.717, 1.165) is 5.56 Å². The van der Waals surface area contributed by atoms with Gasteiger partial charge in [0.05, 0.1) is 15.2 Å². The fraction of sp³-hybridized carbons (Fsp3) is 0.143. The molecule has 1 heterocycles. The lowest BCUT2D eigenvalue weighted by Crippen LogP contribution is -2.28. The lowest BCUT2D eigenvalue weighted by atomic mass is 10.3. The molecule has 0 saturated carbocycles. The smallest absolute Gasteiger partial charge is 0.265 e. The van der Waals surface area contributed by atoms with Crippen molar-refractivity contribution in [2.45, 2.75) is 13.5 Å². The third kappa shape index (κ3) is 4.09. The Morgan fingerprint density at radius 3 is 2.76 bits per heavy atom. The molecule has 2 rings (SSSR count). The van der Waals surface area contributed by atoms with E-state index < -0.39 is 0 Å². The van der Waals surface area contributed by atoms with Crippen molar-refractivity contribution in [1.82, 2.24) is 4.57 Å². The summed E-state index contributed by atoms with van der Waals surface area (Å²) in [5.41, 5.74) is 1.01. The second-order valence-corrected chi connectivity index (χ2v) is 6.17. The molecule has 0 fully saturated rings. The average Bonchev–Trinajstić information content (AvgIpc) is 2.39. The Balaban J connectivity index is 2.19. The Morgan fingerprint density at radius 1 is 1.33 bits per heavy atom. The zero-order valence-corrected chi connectivity index (χ0v) is 14.1. The Labute approximate surface area is 139 Å². The molecule has 1 N–H and O–H groups in total. The molecule has 0 spiro atoms. The van der Waals surface area contributed by atoms with Crippen LogP contribution in [0.2, 0.25) is 10.0 Å². The molecule has 1 aromatic carbocycles. The van der Waals surface area contributed by atoms with Crippen LogP contribution in [-0.4, -0.2) is 10.5 Å². The Bertz CT molecular complexity index is 759. The molecule has 0 aliphatic rings. The number of carbonyl (C=O) groups excluding carboxylic acids is 1. The first-order valence-electron chi connectivity index (χ1n) is 5.98. The summed E-state index contributed by atoms with van der Waals surface area (Å²) in [5, 5.41) is 3.48. The molecule has 0 saturated heterocycles. The van der Waals surface area contributed by atoms with Crippen LogP contribution in [0.5, 0.6) is 0 Å². The van der Waals surface area contributed by atoms with Crippen LogP contribution in [0.1, 0.15) is 5.56 Å². The Morgan fingerprint density at radius 2 is 2.05 bits per heavy atom. The molecule has 4 nitrogen and oxygen atoms in total. The topological polar surface area (TPSA) is 51.1 Å². The van der Waals surface area contributed by atoms with Crippen molar-refractivity contribution < 1.29 is 4.79 Å². The van der Waals surface area contributed by atoms with Gasteiger partial charge in [-0.15, -0.1) is 0 Å². The van der Waals surface area contributed by atoms with E-state index in [0.29, 0.717) is 20.2 Å². The molecule has 0 aliphatic carbocycles. The second kappa shape index (κ2) is 6.64. The summed E-state index contributed by atoms with van der Waals surface area (Å²) in [7, 11) is 0. The Hall–Kier alpha value is -1.30. The van der Waals surface area contributed by atoms with E-state index in [4.69, 9.17) is 23.2 Å². The summed E-state index contributed by atoms with van der Waals surface area (Å²) in [6.45, 7) is 1.73. The molecule has 0 unspecified atom stereocenters. The van der Waals surface area contributed by atoms with Gasteiger partial charge in [-0.25, -0.2) is 0 Å². The van der Waals surface area contributed by atoms with E-state index in [-0.39, 0.29) is 18.0 Å². The number of pyridine rings is 1. The summed E-state index contributed by atoms with van der Waals surface area (Å²) in [6, 6.07) is 6.47. The summed E-state index contributed by atoms with van der Waals surface area (Å²) in [4.78, 5) is 24.0. The summed E-state index contributed by atoms with van der Waals surface area (Å²) in [6.07, 6.45) is 1.62. The third-order valence-electron chi connectivity index (χ3n) is 2.70. The normalized spacial score (nSPS) is 10.5. The van der Waals surface area contributed by atoms with E-state index in [2.05, 4.69) is 21.2 Å². The van der Waals surface area contributed by atoms with Crippen molar-refractivity contribution in [2.24, 2.45) is 0 Å². The minimum Gasteiger partial charge on any atom is -0.323 e. The third-order valence-corrected chi connectivity index (χ3v) is 3.83. The summed E-state index contributed by atoms with van der Waals surface area (Å²) in [5.74, 6) is -0.362. The van der Waals surface area contributed by atoms with Gasteiger partial charge in [-0.2, -0.15) is 0 Å². The molecule has 0 radical (unpaired) electrons. The standard InChI is InChI=1S/C14H11BrCl2N2O2/c1-8-4-10(15)14(21)19(6-8)7-13(20)18-12-5-9(16)2-3-11(12)17/h2-6H,7H2,1H3,(H,18,20). The number of hydrogen-bond acceptors (Lipinski definition) is 2. The highest BCUT2D eigenvalue weighted by Gasteiger charge is 2.10. The summed E-state index contributed by atoms with van der Waals surface area (Å²) >= 11 is 15.0. The quantitative estimate of drug-likeness (QED) is 0.866. The molecule has 0 aliphatic heterocycles. The van der Waals surface area contributed by atoms with E-state index in [1.165, 1.54) is 4.57 Å². The number of rotatable bonds is 3. The van der Waals surface area contributed by atoms with Gasteiger partial charge in [0.2, 0.25) is 5.91 Å². The molecule has 110 valence electrons. The van der Waals surface area contributed by atoms with Crippen LogP contribution in [0.15, 0.2) is 39.7 Å². The highest BCUT2D eigenvalue weighted by Crippen LogP contribution is 2.25. The van der Waals surface area contributed by atoms with Crippen LogP contribution in [0.4, 0.5) is 5.69 Å². The van der Waals surface area contributed by atoms with E-state index >= 15 is 0 Å². The van der Waals surface area contributed by atoms with Crippen molar-refractivity contribution in [3.8, 4) is 0 Å². The first-order chi connectivity index (χ1) is 9.86. The van der Waals surface area contributed by atoms with Crippen molar-refractivity contribution in [3.63, 3.8) is 0 Å². The van der Waals surface area contributed by atoms with Crippen molar-refractivity contribution in [3.05, 3.63) is 60.9 Å². The van der Waals surface area contributed by atoms with E-state index in [9.17, 15) is 9.59 Å². The highest BCUT2D eigenvalue weighted by molar-refractivity contribution is 9.10. The lowest BCUT2D eigenvalue weighted by Gasteiger charge is -2.10. The maximum absolute atomic E-state index is 12.0. The van der Waals surface area contributed by atoms with Gasteiger partial charge in [0.25, 0.3) is 5.56 Å². The molecule has 1 amide bonds. The van der Waals surface area contributed by atoms with Crippen molar-refractivity contribution >= 4 is 50.7 Å². The van der Waals surface area contributed by atoms with Gasteiger partial charge in [-0.1, -0.05) is 23.2 Å². The van der Waals surface area contributed by atoms with Crippen molar-refractivity contribution in [2.75, 3.05) is 5.32 Å². The number of hydrogen-bond donors (Lipinski definition) is 1. The second-order valence-electron chi connectivity index (χ2n) is 4.47. The first kappa shape index (κ1) is 16.1. The maximum atomic E-state index is 12.0. The van der Waals surface area contributed by atoms with E-state index in [1.54, 1.807) is 30.5 Å². The lowest BCUT2D eigenvalue weighted by molar-refractivity contribution is -0.116. The molecular weight excluding hydrogens is 379 g/mol. The molecule has 2 aromatic rings. The predicted octanol–water partition coefficient (Wildman–Crippen LogP) is 3.86. The van der Waals surface area contributed by atoms with Gasteiger partial charge in [0, 0.05) is 11.2 Å². The van der Waals surface area contributed by atoms with Gasteiger partial charge < -0.3 is 9.88 Å². The minimum atomic E-state index is -0.362. The first-order valence-corrected chi connectivity index (χ1v) is 7.53. The monoisotopic (exact) mass is 388 g/mol. The summed E-state index contributed by atoms with van der Waals surface area (Å²) < 4.78 is 1.74. The molecule has 0 atom stereocenters. The van der Waals surface area contributed by atoms with Crippen LogP contribution in [0, 0.1) is 6.92 Å². The van der Waals surface area contributed by atoms with Crippen LogP contribution in [-0.2, 0) is 11.3 Å². The number of benzene rings is 1. The predicted molar refractivity (Wildman–Crippen MR) is 88.2 cm³/mol. The molecule has 1 aromatic heterocycles. The van der Waals surface area contributed by atoms with Crippen molar-refractivity contribution in [1.29, 1.82) is 0 Å². The van der Waals surface area contributed by atoms with Gasteiger partial charge in [0.15, 0.2) is 0 Å². The van der Waals surface area contributed by atoms with Gasteiger partial charge in [-0.05, 0) is 52.7 Å². The van der Waals surface area contributed by atoms with Crippen LogP contribution in [0.3, 0.4) is 0 Å². The van der Waals surface area contributed by atoms with Crippen LogP contribution in [0.25, 0.3) is 0 Å². The van der Waals surface area contributed by atoms with Crippen LogP contribution >= 0.6 is 39.1 Å². The van der Waals surface area contributed by atoms with E-state index in [1.807, 2.05) is 6.92 Å². The average molecular weight is 390 g/mol. The number of aromatic nitrogens is 1. The van der Waals surface area contributed by atoms with Crippen LogP contribution < -0.4 is 10.9 Å². The highest BCUT2D eigenvalue weighted by atomic mass is 79.9.